The summed E-state index contributed by atoms with van der Waals surface area (Å²) >= 11 is 0. The molecule has 5 nitrogen and oxygen atoms in total. The van der Waals surface area contributed by atoms with E-state index in [0.29, 0.717) is 25.5 Å². The molecule has 1 N–H and O–H groups in total. The highest BCUT2D eigenvalue weighted by Crippen LogP contribution is 2.14. The number of carbonyl (C=O) groups is 2. The van der Waals surface area contributed by atoms with Crippen LogP contribution in [0.2, 0.25) is 0 Å². The van der Waals surface area contributed by atoms with Crippen LogP contribution in [0.1, 0.15) is 47.0 Å². The second-order valence-corrected chi connectivity index (χ2v) is 6.57. The zero-order valence-corrected chi connectivity index (χ0v) is 14.6. The van der Waals surface area contributed by atoms with Gasteiger partial charge in [-0.2, -0.15) is 0 Å². The van der Waals surface area contributed by atoms with Crippen molar-refractivity contribution < 1.29 is 14.3 Å². The molecule has 1 heterocycles. The van der Waals surface area contributed by atoms with Crippen LogP contribution in [-0.4, -0.2) is 55.5 Å². The van der Waals surface area contributed by atoms with Crippen LogP contribution in [0, 0.1) is 11.8 Å². The monoisotopic (exact) mass is 312 g/mol. The number of ether oxygens (including phenoxy) is 1. The molecule has 1 rings (SSSR count). The van der Waals surface area contributed by atoms with Crippen LogP contribution >= 0.6 is 0 Å². The van der Waals surface area contributed by atoms with Gasteiger partial charge < -0.3 is 10.1 Å². The number of rotatable bonds is 9. The average molecular weight is 312 g/mol. The van der Waals surface area contributed by atoms with Crippen LogP contribution in [-0.2, 0) is 14.3 Å². The first kappa shape index (κ1) is 19.1. The van der Waals surface area contributed by atoms with Crippen LogP contribution in [0.4, 0.5) is 0 Å². The number of piperidine rings is 1. The van der Waals surface area contributed by atoms with E-state index in [9.17, 15) is 9.59 Å². The molecular weight excluding hydrogens is 280 g/mol. The molecule has 1 fully saturated rings. The van der Waals surface area contributed by atoms with E-state index in [4.69, 9.17) is 4.74 Å². The average Bonchev–Trinajstić information content (AvgIpc) is 2.51. The Labute approximate surface area is 134 Å². The Morgan fingerprint density at radius 3 is 2.41 bits per heavy atom. The number of hydrogen-bond donors (Lipinski definition) is 1. The first-order valence-corrected chi connectivity index (χ1v) is 8.58. The lowest BCUT2D eigenvalue weighted by Crippen LogP contribution is -2.41. The van der Waals surface area contributed by atoms with Gasteiger partial charge in [-0.25, -0.2) is 0 Å². The maximum Gasteiger partial charge on any atom is 0.222 e. The third-order valence-corrected chi connectivity index (χ3v) is 4.37. The SMILES string of the molecule is CCC(C)C(=O)NCCOC1CCN(CC(=O)C(C)C)CC1. The Morgan fingerprint density at radius 2 is 1.86 bits per heavy atom. The van der Waals surface area contributed by atoms with Crippen molar-refractivity contribution in [3.8, 4) is 0 Å². The van der Waals surface area contributed by atoms with E-state index < -0.39 is 0 Å². The van der Waals surface area contributed by atoms with E-state index in [1.54, 1.807) is 0 Å². The lowest BCUT2D eigenvalue weighted by atomic mass is 10.0. The molecule has 128 valence electrons. The van der Waals surface area contributed by atoms with Gasteiger partial charge in [0.15, 0.2) is 0 Å². The fourth-order valence-corrected chi connectivity index (χ4v) is 2.40. The second-order valence-electron chi connectivity index (χ2n) is 6.57. The predicted molar refractivity (Wildman–Crippen MR) is 87.7 cm³/mol. The van der Waals surface area contributed by atoms with E-state index in [2.05, 4.69) is 10.2 Å². The predicted octanol–water partition coefficient (Wildman–Crippen LogP) is 1.85. The lowest BCUT2D eigenvalue weighted by molar-refractivity contribution is -0.125. The molecule has 5 heteroatoms. The van der Waals surface area contributed by atoms with Crippen molar-refractivity contribution in [1.29, 1.82) is 0 Å². The molecule has 1 aliphatic rings. The van der Waals surface area contributed by atoms with Crippen molar-refractivity contribution in [2.24, 2.45) is 11.8 Å². The number of hydrogen-bond acceptors (Lipinski definition) is 4. The number of ketones is 1. The summed E-state index contributed by atoms with van der Waals surface area (Å²) in [5.74, 6) is 0.602. The van der Waals surface area contributed by atoms with Crippen LogP contribution in [0.15, 0.2) is 0 Å². The summed E-state index contributed by atoms with van der Waals surface area (Å²) in [4.78, 5) is 25.6. The van der Waals surface area contributed by atoms with Gasteiger partial charge in [-0.1, -0.05) is 27.7 Å². The number of nitrogens with one attached hydrogen (secondary N) is 1. The van der Waals surface area contributed by atoms with Crippen molar-refractivity contribution in [1.82, 2.24) is 10.2 Å². The van der Waals surface area contributed by atoms with E-state index in [-0.39, 0.29) is 23.8 Å². The van der Waals surface area contributed by atoms with Crippen molar-refractivity contribution >= 4 is 11.7 Å². The van der Waals surface area contributed by atoms with Gasteiger partial charge in [0.1, 0.15) is 5.78 Å². The molecule has 0 aromatic heterocycles. The smallest absolute Gasteiger partial charge is 0.222 e. The van der Waals surface area contributed by atoms with Crippen LogP contribution in [0.3, 0.4) is 0 Å². The molecule has 1 amide bonds. The third kappa shape index (κ3) is 6.88. The lowest BCUT2D eigenvalue weighted by Gasteiger charge is -2.31. The normalized spacial score (nSPS) is 18.4. The first-order valence-electron chi connectivity index (χ1n) is 8.58. The number of likely N-dealkylation sites (tertiary alicyclic amines) is 1. The summed E-state index contributed by atoms with van der Waals surface area (Å²) < 4.78 is 5.82. The number of carbonyl (C=O) groups excluding carboxylic acids is 2. The van der Waals surface area contributed by atoms with Crippen LogP contribution < -0.4 is 5.32 Å². The Bertz CT molecular complexity index is 350. The molecule has 1 unspecified atom stereocenters. The number of amides is 1. The summed E-state index contributed by atoms with van der Waals surface area (Å²) in [5, 5.41) is 2.90. The van der Waals surface area contributed by atoms with Gasteiger partial charge in [0.2, 0.25) is 5.91 Å². The van der Waals surface area contributed by atoms with Crippen LogP contribution in [0.25, 0.3) is 0 Å². The van der Waals surface area contributed by atoms with E-state index >= 15 is 0 Å². The molecule has 0 aromatic carbocycles. The Balaban J connectivity index is 2.11. The minimum atomic E-state index is 0.0710. The Kier molecular flexibility index (Phi) is 8.64. The zero-order chi connectivity index (χ0) is 16.5. The fraction of sp³-hybridized carbons (Fsp3) is 0.882. The zero-order valence-electron chi connectivity index (χ0n) is 14.6. The van der Waals surface area contributed by atoms with Crippen molar-refractivity contribution in [2.45, 2.75) is 53.1 Å². The maximum atomic E-state index is 11.7. The van der Waals surface area contributed by atoms with Gasteiger partial charge in [0.05, 0.1) is 19.3 Å². The van der Waals surface area contributed by atoms with Gasteiger partial charge in [0.25, 0.3) is 0 Å². The Morgan fingerprint density at radius 1 is 1.23 bits per heavy atom. The first-order chi connectivity index (χ1) is 10.4. The summed E-state index contributed by atoms with van der Waals surface area (Å²) in [5.41, 5.74) is 0. The highest BCUT2D eigenvalue weighted by atomic mass is 16.5. The van der Waals surface area contributed by atoms with E-state index in [0.717, 1.165) is 32.4 Å². The molecule has 1 atom stereocenters. The third-order valence-electron chi connectivity index (χ3n) is 4.37. The minimum absolute atomic E-state index is 0.0710. The largest absolute Gasteiger partial charge is 0.376 e. The van der Waals surface area contributed by atoms with E-state index in [1.807, 2.05) is 27.7 Å². The number of nitrogens with zero attached hydrogens (tertiary/aromatic N) is 1. The minimum Gasteiger partial charge on any atom is -0.376 e. The van der Waals surface area contributed by atoms with E-state index in [1.165, 1.54) is 0 Å². The van der Waals surface area contributed by atoms with Gasteiger partial charge in [0, 0.05) is 31.5 Å². The van der Waals surface area contributed by atoms with Gasteiger partial charge in [-0.05, 0) is 19.3 Å². The topological polar surface area (TPSA) is 58.6 Å². The van der Waals surface area contributed by atoms with Crippen molar-refractivity contribution in [3.05, 3.63) is 0 Å². The van der Waals surface area contributed by atoms with Gasteiger partial charge >= 0.3 is 0 Å². The fourth-order valence-electron chi connectivity index (χ4n) is 2.40. The number of Topliss-reactive ketones (excluding diaryl/α,β-unsaturated/α-hetero) is 1. The molecule has 0 saturated carbocycles. The molecule has 0 spiro atoms. The van der Waals surface area contributed by atoms with Gasteiger partial charge in [-0.3, -0.25) is 14.5 Å². The standard InChI is InChI=1S/C17H32N2O3/c1-5-14(4)17(21)18-8-11-22-15-6-9-19(10-7-15)12-16(20)13(2)3/h13-15H,5-12H2,1-4H3,(H,18,21). The highest BCUT2D eigenvalue weighted by molar-refractivity contribution is 5.82. The molecule has 0 aliphatic carbocycles. The molecule has 0 radical (unpaired) electrons. The molecule has 1 saturated heterocycles. The molecule has 22 heavy (non-hydrogen) atoms. The maximum absolute atomic E-state index is 11.7. The summed E-state index contributed by atoms with van der Waals surface area (Å²) in [6, 6.07) is 0. The second kappa shape index (κ2) is 9.95. The molecule has 1 aliphatic heterocycles. The summed E-state index contributed by atoms with van der Waals surface area (Å²) in [7, 11) is 0. The molecular formula is C17H32N2O3. The van der Waals surface area contributed by atoms with Crippen molar-refractivity contribution in [3.63, 3.8) is 0 Å². The molecule has 0 bridgehead atoms. The summed E-state index contributed by atoms with van der Waals surface area (Å²) in [6.07, 6.45) is 3.04. The Hall–Kier alpha value is -0.940. The van der Waals surface area contributed by atoms with Crippen LogP contribution in [0.5, 0.6) is 0 Å². The highest BCUT2D eigenvalue weighted by Gasteiger charge is 2.22. The quantitative estimate of drug-likeness (QED) is 0.660. The van der Waals surface area contributed by atoms with Gasteiger partial charge in [-0.15, -0.1) is 0 Å². The molecule has 0 aromatic rings. The summed E-state index contributed by atoms with van der Waals surface area (Å²) in [6.45, 7) is 11.4. The van der Waals surface area contributed by atoms with Crippen molar-refractivity contribution in [2.75, 3.05) is 32.8 Å².